The van der Waals surface area contributed by atoms with Crippen LogP contribution in [0.1, 0.15) is 16.7 Å². The molecule has 4 rings (SSSR count). The van der Waals surface area contributed by atoms with Crippen LogP contribution in [0.5, 0.6) is 5.75 Å². The molecule has 166 valence electrons. The van der Waals surface area contributed by atoms with E-state index in [1.165, 1.54) is 10.8 Å². The molecule has 4 aromatic rings. The van der Waals surface area contributed by atoms with Gasteiger partial charge in [-0.05, 0) is 96.9 Å². The van der Waals surface area contributed by atoms with Gasteiger partial charge in [-0.3, -0.25) is 4.79 Å². The van der Waals surface area contributed by atoms with Gasteiger partial charge < -0.3 is 4.74 Å². The Kier molecular flexibility index (Phi) is 8.37. The van der Waals surface area contributed by atoms with Gasteiger partial charge in [-0.15, -0.1) is 0 Å². The third-order valence-corrected chi connectivity index (χ3v) is 7.08. The Labute approximate surface area is 228 Å². The summed E-state index contributed by atoms with van der Waals surface area (Å²) < 4.78 is 9.16. The summed E-state index contributed by atoms with van der Waals surface area (Å²) in [5.74, 6) is 0.688. The molecular weight excluding hydrogens is 706 g/mol. The third-order valence-electron chi connectivity index (χ3n) is 4.95. The molecule has 0 atom stereocenters. The van der Waals surface area contributed by atoms with E-state index in [9.17, 15) is 4.79 Å². The van der Waals surface area contributed by atoms with Crippen LogP contribution >= 0.6 is 61.1 Å². The lowest BCUT2D eigenvalue weighted by Gasteiger charge is -2.13. The molecule has 1 amide bonds. The molecule has 0 heterocycles. The number of carbonyl (C=O) groups is 1. The number of hydrazone groups is 1. The number of fused-ring (bicyclic) bond motifs is 1. The van der Waals surface area contributed by atoms with Gasteiger partial charge in [0.2, 0.25) is 5.91 Å². The van der Waals surface area contributed by atoms with Gasteiger partial charge in [-0.1, -0.05) is 70.5 Å². The molecule has 4 aromatic carbocycles. The van der Waals surface area contributed by atoms with E-state index in [1.54, 1.807) is 6.21 Å². The highest BCUT2D eigenvalue weighted by Crippen LogP contribution is 2.30. The van der Waals surface area contributed by atoms with Crippen molar-refractivity contribution < 1.29 is 9.53 Å². The lowest BCUT2D eigenvalue weighted by molar-refractivity contribution is -0.120. The molecule has 0 aliphatic heterocycles. The van der Waals surface area contributed by atoms with Crippen molar-refractivity contribution in [1.82, 2.24) is 5.43 Å². The first-order valence-electron chi connectivity index (χ1n) is 10.1. The molecule has 0 unspecified atom stereocenters. The van der Waals surface area contributed by atoms with Crippen molar-refractivity contribution in [3.8, 4) is 5.75 Å². The molecule has 0 saturated heterocycles. The predicted octanol–water partition coefficient (Wildman–Crippen LogP) is 7.08. The normalized spacial score (nSPS) is 11.1. The smallest absolute Gasteiger partial charge is 0.244 e. The number of rotatable bonds is 7. The lowest BCUT2D eigenvalue weighted by atomic mass is 10.1. The van der Waals surface area contributed by atoms with Crippen LogP contribution in [0.2, 0.25) is 0 Å². The van der Waals surface area contributed by atoms with E-state index in [1.807, 2.05) is 48.5 Å². The summed E-state index contributed by atoms with van der Waals surface area (Å²) in [7, 11) is 0. The summed E-state index contributed by atoms with van der Waals surface area (Å²) in [4.78, 5) is 12.1. The number of hydrogen-bond acceptors (Lipinski definition) is 3. The van der Waals surface area contributed by atoms with Crippen molar-refractivity contribution in [3.63, 3.8) is 0 Å². The second-order valence-corrected chi connectivity index (χ2v) is 10.6. The molecule has 0 saturated carbocycles. The van der Waals surface area contributed by atoms with Gasteiger partial charge in [0.05, 0.1) is 19.8 Å². The van der Waals surface area contributed by atoms with Crippen LogP contribution < -0.4 is 10.2 Å². The maximum absolute atomic E-state index is 12.1. The number of ether oxygens (including phenoxy) is 1. The molecule has 0 fully saturated rings. The van der Waals surface area contributed by atoms with Crippen LogP contribution in [0, 0.1) is 7.14 Å². The van der Waals surface area contributed by atoms with Gasteiger partial charge in [-0.25, -0.2) is 5.43 Å². The molecule has 0 radical (unpaired) electrons. The number of halogens is 3. The van der Waals surface area contributed by atoms with Crippen molar-refractivity contribution in [1.29, 1.82) is 0 Å². The molecule has 0 spiro atoms. The Morgan fingerprint density at radius 3 is 2.42 bits per heavy atom. The maximum atomic E-state index is 12.1. The standard InChI is InChI=1S/C26H19BrI2N2O2/c27-21-10-8-17(9-11-21)14-25(32)31-30-15-18-12-23(28)26(24(29)13-18)33-16-20-6-3-5-19-4-1-2-7-22(19)20/h1-13,15H,14,16H2,(H,31,32)/b30-15-. The van der Waals surface area contributed by atoms with E-state index >= 15 is 0 Å². The zero-order chi connectivity index (χ0) is 23.2. The zero-order valence-corrected chi connectivity index (χ0v) is 23.3. The van der Waals surface area contributed by atoms with Crippen LogP contribution in [0.15, 0.2) is 88.4 Å². The van der Waals surface area contributed by atoms with Crippen molar-refractivity contribution >= 4 is 84.0 Å². The summed E-state index contributed by atoms with van der Waals surface area (Å²) in [5.41, 5.74) is 5.57. The number of benzene rings is 4. The number of nitrogens with zero attached hydrogens (tertiary/aromatic N) is 1. The SMILES string of the molecule is O=C(Cc1ccc(Br)cc1)N/N=C\c1cc(I)c(OCc2cccc3ccccc23)c(I)c1. The van der Waals surface area contributed by atoms with Gasteiger partial charge in [-0.2, -0.15) is 5.10 Å². The van der Waals surface area contributed by atoms with Gasteiger partial charge in [0, 0.05) is 4.47 Å². The second-order valence-electron chi connectivity index (χ2n) is 7.34. The summed E-state index contributed by atoms with van der Waals surface area (Å²) in [6, 6.07) is 26.2. The molecular formula is C26H19BrI2N2O2. The highest BCUT2D eigenvalue weighted by Gasteiger charge is 2.10. The van der Waals surface area contributed by atoms with E-state index in [4.69, 9.17) is 4.74 Å². The Balaban J connectivity index is 1.39. The Morgan fingerprint density at radius 2 is 1.67 bits per heavy atom. The number of hydrogen-bond donors (Lipinski definition) is 1. The minimum atomic E-state index is -0.159. The highest BCUT2D eigenvalue weighted by atomic mass is 127. The van der Waals surface area contributed by atoms with Crippen molar-refractivity contribution in [2.24, 2.45) is 5.10 Å². The third kappa shape index (κ3) is 6.54. The molecule has 0 aromatic heterocycles. The molecule has 4 nitrogen and oxygen atoms in total. The largest absolute Gasteiger partial charge is 0.487 e. The number of amides is 1. The van der Waals surface area contributed by atoms with Gasteiger partial charge >= 0.3 is 0 Å². The van der Waals surface area contributed by atoms with Crippen LogP contribution in [-0.2, 0) is 17.8 Å². The van der Waals surface area contributed by atoms with Gasteiger partial charge in [0.25, 0.3) is 0 Å². The van der Waals surface area contributed by atoms with Crippen molar-refractivity contribution in [2.45, 2.75) is 13.0 Å². The lowest BCUT2D eigenvalue weighted by Crippen LogP contribution is -2.19. The Morgan fingerprint density at radius 1 is 0.970 bits per heavy atom. The van der Waals surface area contributed by atoms with Crippen molar-refractivity contribution in [2.75, 3.05) is 0 Å². The van der Waals surface area contributed by atoms with E-state index in [0.29, 0.717) is 6.61 Å². The first-order valence-corrected chi connectivity index (χ1v) is 13.1. The molecule has 0 aliphatic carbocycles. The second kappa shape index (κ2) is 11.4. The highest BCUT2D eigenvalue weighted by molar-refractivity contribution is 14.1. The Hall–Kier alpha value is -1.98. The van der Waals surface area contributed by atoms with Gasteiger partial charge in [0.15, 0.2) is 0 Å². The summed E-state index contributed by atoms with van der Waals surface area (Å²) >= 11 is 7.94. The average Bonchev–Trinajstić information content (AvgIpc) is 2.80. The molecule has 0 bridgehead atoms. The molecule has 0 aliphatic rings. The van der Waals surface area contributed by atoms with E-state index in [2.05, 4.69) is 102 Å². The fourth-order valence-corrected chi connectivity index (χ4v) is 5.76. The molecule has 7 heteroatoms. The van der Waals surface area contributed by atoms with Crippen molar-refractivity contribution in [3.05, 3.63) is 107 Å². The number of carbonyl (C=O) groups excluding carboxylic acids is 1. The average molecular weight is 725 g/mol. The molecule has 1 N–H and O–H groups in total. The quantitative estimate of drug-likeness (QED) is 0.126. The zero-order valence-electron chi connectivity index (χ0n) is 17.4. The van der Waals surface area contributed by atoms with E-state index < -0.39 is 0 Å². The first kappa shape index (κ1) is 24.2. The van der Waals surface area contributed by atoms with Crippen LogP contribution in [0.25, 0.3) is 10.8 Å². The summed E-state index contributed by atoms with van der Waals surface area (Å²) in [5, 5.41) is 6.52. The van der Waals surface area contributed by atoms with Gasteiger partial charge in [0.1, 0.15) is 12.4 Å². The van der Waals surface area contributed by atoms with E-state index in [-0.39, 0.29) is 12.3 Å². The minimum Gasteiger partial charge on any atom is -0.487 e. The topological polar surface area (TPSA) is 50.7 Å². The fraction of sp³-hybridized carbons (Fsp3) is 0.0769. The fourth-order valence-electron chi connectivity index (χ4n) is 3.37. The summed E-state index contributed by atoms with van der Waals surface area (Å²) in [6.45, 7) is 0.493. The van der Waals surface area contributed by atoms with Crippen LogP contribution in [0.3, 0.4) is 0 Å². The maximum Gasteiger partial charge on any atom is 0.244 e. The predicted molar refractivity (Wildman–Crippen MR) is 154 cm³/mol. The minimum absolute atomic E-state index is 0.159. The van der Waals surface area contributed by atoms with E-state index in [0.717, 1.165) is 34.1 Å². The number of nitrogens with one attached hydrogen (secondary N) is 1. The monoisotopic (exact) mass is 724 g/mol. The Bertz CT molecular complexity index is 1300. The summed E-state index contributed by atoms with van der Waals surface area (Å²) in [6.07, 6.45) is 1.93. The van der Waals surface area contributed by atoms with Crippen LogP contribution in [0.4, 0.5) is 0 Å². The first-order chi connectivity index (χ1) is 16.0. The van der Waals surface area contributed by atoms with Crippen LogP contribution in [-0.4, -0.2) is 12.1 Å². The molecule has 33 heavy (non-hydrogen) atoms.